The van der Waals surface area contributed by atoms with Crippen molar-refractivity contribution in [2.75, 3.05) is 0 Å². The van der Waals surface area contributed by atoms with Gasteiger partial charge in [0.05, 0.1) is 29.7 Å². The molecule has 0 saturated carbocycles. The van der Waals surface area contributed by atoms with Crippen LogP contribution in [0.25, 0.3) is 22.7 Å². The molecule has 14 heteroatoms. The summed E-state index contributed by atoms with van der Waals surface area (Å²) in [5.41, 5.74) is 2.77. The van der Waals surface area contributed by atoms with Gasteiger partial charge >= 0.3 is 11.9 Å². The number of alkyl halides is 3. The first-order chi connectivity index (χ1) is 22.9. The van der Waals surface area contributed by atoms with Gasteiger partial charge in [0.1, 0.15) is 5.65 Å². The molecule has 1 aliphatic heterocycles. The molecule has 7 rings (SSSR count). The summed E-state index contributed by atoms with van der Waals surface area (Å²) >= 11 is 2.94. The largest absolute Gasteiger partial charge is 0.417 e. The van der Waals surface area contributed by atoms with Gasteiger partial charge in [-0.15, -0.1) is 0 Å². The predicted octanol–water partition coefficient (Wildman–Crippen LogP) is 5.53. The maximum atomic E-state index is 14.5. The normalized spacial score (nSPS) is 14.8. The highest BCUT2D eigenvalue weighted by Gasteiger charge is 2.36. The second-order valence-electron chi connectivity index (χ2n) is 11.8. The van der Waals surface area contributed by atoms with E-state index in [1.165, 1.54) is 21.6 Å². The number of aromatic amines is 1. The standard InChI is InChI=1S/C34H27BrF3N7O3/c1-19-14-25-28(18-43(19)31(46)22-10-13-27(35)26(16-22)34(36,37)38)45-30(23(17-39-45)15-20-6-4-3-5-7-20)44(32(25)47)24-11-8-21(9-12-24)29-40-41-33(48)42(29)2/h3-13,16-17,19H,14-15,18H2,1-2H3,(H,41,48)/t19-/m0/s1. The maximum absolute atomic E-state index is 14.5. The third kappa shape index (κ3) is 5.35. The molecule has 1 aliphatic rings. The summed E-state index contributed by atoms with van der Waals surface area (Å²) in [4.78, 5) is 41.6. The molecule has 0 unspecified atom stereocenters. The molecule has 244 valence electrons. The van der Waals surface area contributed by atoms with Gasteiger partial charge in [0.25, 0.3) is 11.5 Å². The summed E-state index contributed by atoms with van der Waals surface area (Å²) in [6.45, 7) is 1.74. The first-order valence-corrected chi connectivity index (χ1v) is 15.8. The van der Waals surface area contributed by atoms with Crippen molar-refractivity contribution in [2.45, 2.75) is 38.5 Å². The van der Waals surface area contributed by atoms with Gasteiger partial charge in [0, 0.05) is 46.2 Å². The van der Waals surface area contributed by atoms with E-state index in [2.05, 4.69) is 26.1 Å². The lowest BCUT2D eigenvalue weighted by molar-refractivity contribution is -0.138. The van der Waals surface area contributed by atoms with E-state index in [0.29, 0.717) is 40.4 Å². The van der Waals surface area contributed by atoms with E-state index in [0.717, 1.165) is 17.2 Å². The fourth-order valence-electron chi connectivity index (χ4n) is 6.24. The van der Waals surface area contributed by atoms with Crippen molar-refractivity contribution in [1.82, 2.24) is 33.8 Å². The van der Waals surface area contributed by atoms with Crippen LogP contribution in [-0.4, -0.2) is 45.8 Å². The van der Waals surface area contributed by atoms with Gasteiger partial charge in [-0.05, 0) is 61.4 Å². The number of nitrogens with zero attached hydrogens (tertiary/aromatic N) is 6. The summed E-state index contributed by atoms with van der Waals surface area (Å²) in [7, 11) is 1.61. The SMILES string of the molecule is C[C@H]1Cc2c(n3ncc(Cc4ccccc4)c3n(-c3ccc(-c4n[nH]c(=O)n4C)cc3)c2=O)CN1C(=O)c1ccc(Br)c(C(F)(F)F)c1. The number of fused-ring (bicyclic) bond motifs is 3. The van der Waals surface area contributed by atoms with Crippen LogP contribution in [0.15, 0.2) is 93.1 Å². The quantitative estimate of drug-likeness (QED) is 0.252. The van der Waals surface area contributed by atoms with Gasteiger partial charge in [0.2, 0.25) is 0 Å². The lowest BCUT2D eigenvalue weighted by atomic mass is 9.97. The Bertz CT molecular complexity index is 2320. The van der Waals surface area contributed by atoms with Gasteiger partial charge in [-0.2, -0.15) is 23.4 Å². The number of carbonyl (C=O) groups excluding carboxylic acids is 1. The van der Waals surface area contributed by atoms with Gasteiger partial charge in [-0.25, -0.2) is 14.4 Å². The molecule has 0 bridgehead atoms. The van der Waals surface area contributed by atoms with Crippen LogP contribution in [0.4, 0.5) is 13.2 Å². The first kappa shape index (κ1) is 31.4. The zero-order valence-corrected chi connectivity index (χ0v) is 27.2. The topological polar surface area (TPSA) is 110 Å². The molecule has 0 aliphatic carbocycles. The zero-order chi connectivity index (χ0) is 33.9. The van der Waals surface area contributed by atoms with Crippen molar-refractivity contribution in [3.05, 3.63) is 138 Å². The minimum absolute atomic E-state index is 0.0299. The Morgan fingerprint density at radius 3 is 2.44 bits per heavy atom. The van der Waals surface area contributed by atoms with E-state index in [1.807, 2.05) is 30.3 Å². The van der Waals surface area contributed by atoms with E-state index in [1.54, 1.807) is 53.5 Å². The zero-order valence-electron chi connectivity index (χ0n) is 25.6. The fraction of sp³-hybridized carbons (Fsp3) is 0.206. The number of rotatable bonds is 5. The molecule has 48 heavy (non-hydrogen) atoms. The highest BCUT2D eigenvalue weighted by Crippen LogP contribution is 2.36. The molecule has 1 atom stereocenters. The number of hydrogen-bond donors (Lipinski definition) is 1. The number of hydrogen-bond acceptors (Lipinski definition) is 5. The second-order valence-corrected chi connectivity index (χ2v) is 12.6. The van der Waals surface area contributed by atoms with Crippen molar-refractivity contribution in [3.8, 4) is 17.1 Å². The van der Waals surface area contributed by atoms with Gasteiger partial charge < -0.3 is 4.90 Å². The minimum atomic E-state index is -4.65. The summed E-state index contributed by atoms with van der Waals surface area (Å²) < 4.78 is 45.5. The molecule has 3 aromatic heterocycles. The van der Waals surface area contributed by atoms with Crippen LogP contribution >= 0.6 is 15.9 Å². The Morgan fingerprint density at radius 1 is 1.04 bits per heavy atom. The first-order valence-electron chi connectivity index (χ1n) is 15.0. The molecule has 0 spiro atoms. The summed E-state index contributed by atoms with van der Waals surface area (Å²) in [5.74, 6) is -0.140. The van der Waals surface area contributed by atoms with Crippen molar-refractivity contribution in [1.29, 1.82) is 0 Å². The second kappa shape index (κ2) is 11.8. The molecule has 3 aromatic carbocycles. The number of H-pyrrole nitrogens is 1. The van der Waals surface area contributed by atoms with E-state index >= 15 is 0 Å². The van der Waals surface area contributed by atoms with Crippen molar-refractivity contribution >= 4 is 27.5 Å². The van der Waals surface area contributed by atoms with E-state index < -0.39 is 23.7 Å². The maximum Gasteiger partial charge on any atom is 0.417 e. The van der Waals surface area contributed by atoms with Crippen LogP contribution in [0.2, 0.25) is 0 Å². The highest BCUT2D eigenvalue weighted by atomic mass is 79.9. The average Bonchev–Trinajstić information content (AvgIpc) is 3.63. The highest BCUT2D eigenvalue weighted by molar-refractivity contribution is 9.10. The van der Waals surface area contributed by atoms with Crippen molar-refractivity contribution in [2.24, 2.45) is 7.05 Å². The van der Waals surface area contributed by atoms with Crippen LogP contribution in [-0.2, 0) is 32.6 Å². The van der Waals surface area contributed by atoms with Gasteiger partial charge in [-0.1, -0.05) is 46.3 Å². The van der Waals surface area contributed by atoms with E-state index in [9.17, 15) is 27.6 Å². The lowest BCUT2D eigenvalue weighted by Gasteiger charge is -2.35. The number of amides is 1. The molecule has 10 nitrogen and oxygen atoms in total. The van der Waals surface area contributed by atoms with Crippen LogP contribution in [0, 0.1) is 0 Å². The molecule has 4 heterocycles. The van der Waals surface area contributed by atoms with Gasteiger partial charge in [-0.3, -0.25) is 18.7 Å². The third-order valence-corrected chi connectivity index (χ3v) is 9.42. The average molecular weight is 719 g/mol. The Labute approximate surface area is 279 Å². The molecular formula is C34H27BrF3N7O3. The number of benzene rings is 3. The Morgan fingerprint density at radius 2 is 1.77 bits per heavy atom. The Hall–Kier alpha value is -5.24. The Balaban J connectivity index is 1.36. The third-order valence-electron chi connectivity index (χ3n) is 8.73. The Kier molecular flexibility index (Phi) is 7.69. The fourth-order valence-corrected chi connectivity index (χ4v) is 6.71. The molecular weight excluding hydrogens is 691 g/mol. The van der Waals surface area contributed by atoms with Crippen LogP contribution in [0.1, 0.15) is 45.2 Å². The number of aromatic nitrogens is 6. The molecule has 6 aromatic rings. The molecule has 0 saturated heterocycles. The smallest absolute Gasteiger partial charge is 0.330 e. The summed E-state index contributed by atoms with van der Waals surface area (Å²) in [5, 5.41) is 11.2. The van der Waals surface area contributed by atoms with Gasteiger partial charge in [0.15, 0.2) is 5.82 Å². The van der Waals surface area contributed by atoms with Crippen LogP contribution < -0.4 is 11.2 Å². The molecule has 1 amide bonds. The van der Waals surface area contributed by atoms with Crippen LogP contribution in [0.3, 0.4) is 0 Å². The molecule has 0 fully saturated rings. The predicted molar refractivity (Wildman–Crippen MR) is 175 cm³/mol. The monoisotopic (exact) mass is 717 g/mol. The van der Waals surface area contributed by atoms with E-state index in [-0.39, 0.29) is 34.3 Å². The number of carbonyl (C=O) groups is 1. The lowest BCUT2D eigenvalue weighted by Crippen LogP contribution is -2.46. The van der Waals surface area contributed by atoms with Crippen LogP contribution in [0.5, 0.6) is 0 Å². The summed E-state index contributed by atoms with van der Waals surface area (Å²) in [6.07, 6.45) is -2.32. The van der Waals surface area contributed by atoms with Crippen molar-refractivity contribution < 1.29 is 18.0 Å². The van der Waals surface area contributed by atoms with E-state index in [4.69, 9.17) is 5.10 Å². The minimum Gasteiger partial charge on any atom is -0.330 e. The number of halogens is 4. The number of nitrogens with one attached hydrogen (secondary N) is 1. The molecule has 0 radical (unpaired) electrons. The summed E-state index contributed by atoms with van der Waals surface area (Å²) in [6, 6.07) is 19.7. The molecule has 1 N–H and O–H groups in total. The van der Waals surface area contributed by atoms with Crippen molar-refractivity contribution in [3.63, 3.8) is 0 Å².